The summed E-state index contributed by atoms with van der Waals surface area (Å²) in [5.41, 5.74) is 4.21. The molecule has 1 fully saturated rings. The summed E-state index contributed by atoms with van der Waals surface area (Å²) in [5, 5.41) is 3.11. The molecule has 134 valence electrons. The SMILES string of the molecule is Cc1ccc([C@@H]2Cc3cc(C(=O)NC4CCCC4)ccc3C(=O)O2)cc1. The lowest BCUT2D eigenvalue weighted by Gasteiger charge is -2.25. The zero-order valence-corrected chi connectivity index (χ0v) is 15.0. The van der Waals surface area contributed by atoms with E-state index in [9.17, 15) is 9.59 Å². The van der Waals surface area contributed by atoms with Crippen molar-refractivity contribution in [2.24, 2.45) is 0 Å². The standard InChI is InChI=1S/C22H23NO3/c1-14-6-8-15(9-7-14)20-13-17-12-16(10-11-19(17)22(25)26-20)21(24)23-18-4-2-3-5-18/h6-12,18,20H,2-5,13H2,1H3,(H,23,24)/t20-/m0/s1. The molecule has 1 N–H and O–H groups in total. The van der Waals surface area contributed by atoms with Crippen LogP contribution in [0.5, 0.6) is 0 Å². The van der Waals surface area contributed by atoms with Gasteiger partial charge in [0, 0.05) is 18.0 Å². The van der Waals surface area contributed by atoms with Gasteiger partial charge in [-0.3, -0.25) is 4.79 Å². The number of aryl methyl sites for hydroxylation is 1. The minimum absolute atomic E-state index is 0.0504. The highest BCUT2D eigenvalue weighted by molar-refractivity contribution is 5.98. The van der Waals surface area contributed by atoms with Gasteiger partial charge in [0.15, 0.2) is 0 Å². The zero-order valence-electron chi connectivity index (χ0n) is 15.0. The molecular weight excluding hydrogens is 326 g/mol. The van der Waals surface area contributed by atoms with E-state index in [0.29, 0.717) is 17.5 Å². The molecule has 0 bridgehead atoms. The van der Waals surface area contributed by atoms with E-state index in [1.165, 1.54) is 18.4 Å². The summed E-state index contributed by atoms with van der Waals surface area (Å²) in [7, 11) is 0. The normalized spacial score (nSPS) is 19.7. The largest absolute Gasteiger partial charge is 0.454 e. The van der Waals surface area contributed by atoms with Crippen LogP contribution in [0.15, 0.2) is 42.5 Å². The van der Waals surface area contributed by atoms with Crippen molar-refractivity contribution in [2.45, 2.75) is 51.2 Å². The smallest absolute Gasteiger partial charge is 0.339 e. The predicted octanol–water partition coefficient (Wildman–Crippen LogP) is 4.12. The molecule has 4 heteroatoms. The number of benzene rings is 2. The quantitative estimate of drug-likeness (QED) is 0.848. The van der Waals surface area contributed by atoms with Gasteiger partial charge in [-0.25, -0.2) is 4.79 Å². The predicted molar refractivity (Wildman–Crippen MR) is 99.2 cm³/mol. The molecule has 0 radical (unpaired) electrons. The second-order valence-corrected chi connectivity index (χ2v) is 7.34. The van der Waals surface area contributed by atoms with Crippen LogP contribution in [0.25, 0.3) is 0 Å². The van der Waals surface area contributed by atoms with Gasteiger partial charge in [-0.15, -0.1) is 0 Å². The van der Waals surface area contributed by atoms with E-state index in [2.05, 4.69) is 5.32 Å². The molecule has 0 saturated heterocycles. The van der Waals surface area contributed by atoms with Gasteiger partial charge in [0.1, 0.15) is 6.10 Å². The summed E-state index contributed by atoms with van der Waals surface area (Å²) in [4.78, 5) is 24.9. The Kier molecular flexibility index (Phi) is 4.49. The average Bonchev–Trinajstić information content (AvgIpc) is 3.14. The van der Waals surface area contributed by atoms with Crippen molar-refractivity contribution >= 4 is 11.9 Å². The van der Waals surface area contributed by atoms with Crippen molar-refractivity contribution in [3.8, 4) is 0 Å². The minimum Gasteiger partial charge on any atom is -0.454 e. The highest BCUT2D eigenvalue weighted by atomic mass is 16.5. The van der Waals surface area contributed by atoms with Gasteiger partial charge in [0.25, 0.3) is 5.91 Å². The van der Waals surface area contributed by atoms with E-state index in [4.69, 9.17) is 4.74 Å². The summed E-state index contributed by atoms with van der Waals surface area (Å²) in [5.74, 6) is -0.370. The number of amides is 1. The maximum Gasteiger partial charge on any atom is 0.339 e. The molecule has 0 aromatic heterocycles. The fourth-order valence-corrected chi connectivity index (χ4v) is 3.84. The maximum atomic E-state index is 12.5. The number of rotatable bonds is 3. The highest BCUT2D eigenvalue weighted by Gasteiger charge is 2.28. The first-order chi connectivity index (χ1) is 12.6. The topological polar surface area (TPSA) is 55.4 Å². The molecule has 2 aliphatic rings. The Morgan fingerprint density at radius 3 is 2.54 bits per heavy atom. The fourth-order valence-electron chi connectivity index (χ4n) is 3.84. The van der Waals surface area contributed by atoms with Crippen LogP contribution in [-0.2, 0) is 11.2 Å². The first-order valence-electron chi connectivity index (χ1n) is 9.31. The number of fused-ring (bicyclic) bond motifs is 1. The Hall–Kier alpha value is -2.62. The Bertz CT molecular complexity index is 835. The van der Waals surface area contributed by atoms with Gasteiger partial charge in [-0.05, 0) is 49.1 Å². The summed E-state index contributed by atoms with van der Waals surface area (Å²) in [6.45, 7) is 2.03. The second kappa shape index (κ2) is 6.94. The molecule has 4 nitrogen and oxygen atoms in total. The molecule has 1 heterocycles. The Labute approximate surface area is 153 Å². The Morgan fingerprint density at radius 2 is 1.81 bits per heavy atom. The summed E-state index contributed by atoms with van der Waals surface area (Å²) < 4.78 is 5.61. The van der Waals surface area contributed by atoms with Gasteiger partial charge in [-0.1, -0.05) is 42.7 Å². The number of carbonyl (C=O) groups excluding carboxylic acids is 2. The Balaban J connectivity index is 1.56. The summed E-state index contributed by atoms with van der Waals surface area (Å²) in [6, 6.07) is 13.6. The van der Waals surface area contributed by atoms with Crippen molar-refractivity contribution < 1.29 is 14.3 Å². The third-order valence-electron chi connectivity index (χ3n) is 5.38. The van der Waals surface area contributed by atoms with Crippen LogP contribution in [0.3, 0.4) is 0 Å². The number of nitrogens with one attached hydrogen (secondary N) is 1. The van der Waals surface area contributed by atoms with Crippen molar-refractivity contribution in [1.82, 2.24) is 5.32 Å². The average molecular weight is 349 g/mol. The Morgan fingerprint density at radius 1 is 1.08 bits per heavy atom. The molecule has 1 aliphatic heterocycles. The molecule has 1 atom stereocenters. The number of esters is 1. The number of carbonyl (C=O) groups is 2. The van der Waals surface area contributed by atoms with Crippen LogP contribution in [0, 0.1) is 6.92 Å². The molecule has 2 aromatic carbocycles. The van der Waals surface area contributed by atoms with E-state index in [-0.39, 0.29) is 24.0 Å². The number of ether oxygens (including phenoxy) is 1. The molecule has 2 aromatic rings. The number of hydrogen-bond donors (Lipinski definition) is 1. The van der Waals surface area contributed by atoms with Crippen LogP contribution < -0.4 is 5.32 Å². The van der Waals surface area contributed by atoms with Crippen molar-refractivity contribution in [1.29, 1.82) is 0 Å². The monoisotopic (exact) mass is 349 g/mol. The lowest BCUT2D eigenvalue weighted by Crippen LogP contribution is -2.33. The molecular formula is C22H23NO3. The van der Waals surface area contributed by atoms with Gasteiger partial charge < -0.3 is 10.1 Å². The third-order valence-corrected chi connectivity index (χ3v) is 5.38. The van der Waals surface area contributed by atoms with Gasteiger partial charge in [0.2, 0.25) is 0 Å². The lowest BCUT2D eigenvalue weighted by atomic mass is 9.92. The first-order valence-corrected chi connectivity index (χ1v) is 9.31. The van der Waals surface area contributed by atoms with Gasteiger partial charge >= 0.3 is 5.97 Å². The van der Waals surface area contributed by atoms with Crippen LogP contribution in [0.4, 0.5) is 0 Å². The van der Waals surface area contributed by atoms with Crippen molar-refractivity contribution in [2.75, 3.05) is 0 Å². The summed E-state index contributed by atoms with van der Waals surface area (Å²) in [6.07, 6.45) is 4.76. The highest BCUT2D eigenvalue weighted by Crippen LogP contribution is 2.31. The molecule has 1 saturated carbocycles. The van der Waals surface area contributed by atoms with Crippen LogP contribution >= 0.6 is 0 Å². The van der Waals surface area contributed by atoms with Crippen molar-refractivity contribution in [3.05, 3.63) is 70.3 Å². The molecule has 1 amide bonds. The molecule has 26 heavy (non-hydrogen) atoms. The molecule has 4 rings (SSSR count). The first kappa shape index (κ1) is 16.8. The van der Waals surface area contributed by atoms with Gasteiger partial charge in [0.05, 0.1) is 5.56 Å². The molecule has 1 aliphatic carbocycles. The maximum absolute atomic E-state index is 12.5. The number of hydrogen-bond acceptors (Lipinski definition) is 3. The second-order valence-electron chi connectivity index (χ2n) is 7.34. The van der Waals surface area contributed by atoms with Crippen LogP contribution in [0.2, 0.25) is 0 Å². The van der Waals surface area contributed by atoms with E-state index < -0.39 is 0 Å². The van der Waals surface area contributed by atoms with Crippen LogP contribution in [0.1, 0.15) is 69.2 Å². The van der Waals surface area contributed by atoms with Crippen LogP contribution in [-0.4, -0.2) is 17.9 Å². The lowest BCUT2D eigenvalue weighted by molar-refractivity contribution is 0.0252. The number of cyclic esters (lactones) is 1. The van der Waals surface area contributed by atoms with Crippen molar-refractivity contribution in [3.63, 3.8) is 0 Å². The fraction of sp³-hybridized carbons (Fsp3) is 0.364. The molecule has 0 unspecified atom stereocenters. The van der Waals surface area contributed by atoms with Gasteiger partial charge in [-0.2, -0.15) is 0 Å². The zero-order chi connectivity index (χ0) is 18.1. The summed E-state index contributed by atoms with van der Waals surface area (Å²) >= 11 is 0. The van der Waals surface area contributed by atoms with E-state index in [1.54, 1.807) is 12.1 Å². The molecule has 0 spiro atoms. The van der Waals surface area contributed by atoms with E-state index >= 15 is 0 Å². The third kappa shape index (κ3) is 3.36. The van der Waals surface area contributed by atoms with E-state index in [1.807, 2.05) is 37.3 Å². The van der Waals surface area contributed by atoms with E-state index in [0.717, 1.165) is 24.0 Å². The minimum atomic E-state index is -0.320.